The highest BCUT2D eigenvalue weighted by molar-refractivity contribution is 5.91. The van der Waals surface area contributed by atoms with Crippen molar-refractivity contribution < 1.29 is 23.8 Å². The highest BCUT2D eigenvalue weighted by atomic mass is 16.5. The zero-order chi connectivity index (χ0) is 22.7. The minimum atomic E-state index is -0.901. The molecule has 4 rings (SSSR count). The van der Waals surface area contributed by atoms with Crippen LogP contribution in [0.3, 0.4) is 0 Å². The molecule has 0 fully saturated rings. The van der Waals surface area contributed by atoms with E-state index in [0.29, 0.717) is 29.2 Å². The Morgan fingerprint density at radius 1 is 1.03 bits per heavy atom. The van der Waals surface area contributed by atoms with Crippen LogP contribution in [0.5, 0.6) is 11.5 Å². The van der Waals surface area contributed by atoms with E-state index in [4.69, 9.17) is 19.6 Å². The third-order valence-corrected chi connectivity index (χ3v) is 5.38. The first kappa shape index (κ1) is 21.5. The maximum atomic E-state index is 11.2. The molecule has 3 N–H and O–H groups in total. The number of nitrogens with two attached hydrogens (primary N) is 1. The quantitative estimate of drug-likeness (QED) is 0.404. The Bertz CT molecular complexity index is 1270. The molecular formula is C26H25NO5. The molecule has 0 aliphatic carbocycles. The van der Waals surface area contributed by atoms with Crippen LogP contribution in [0.2, 0.25) is 0 Å². The van der Waals surface area contributed by atoms with Crippen molar-refractivity contribution in [1.82, 2.24) is 0 Å². The molecule has 0 amide bonds. The topological polar surface area (TPSA) is 94.9 Å². The van der Waals surface area contributed by atoms with Crippen LogP contribution in [0.1, 0.15) is 22.3 Å². The van der Waals surface area contributed by atoms with Crippen LogP contribution in [0.15, 0.2) is 65.3 Å². The standard InChI is InChI=1S/C26H25NO5/c1-16-6-7-19(12-25(28)29)23(8-16)31-14-21-15-32-26-22(21)10-20(11-24(26)30-2)18-5-3-4-17(9-18)13-27/h3-11,15H,12-14,27H2,1-2H3,(H,28,29). The van der Waals surface area contributed by atoms with E-state index in [1.165, 1.54) is 0 Å². The maximum Gasteiger partial charge on any atom is 0.307 e. The number of hydrogen-bond acceptors (Lipinski definition) is 5. The second-order valence-corrected chi connectivity index (χ2v) is 7.69. The minimum absolute atomic E-state index is 0.1000. The summed E-state index contributed by atoms with van der Waals surface area (Å²) in [6.07, 6.45) is 1.55. The molecule has 0 unspecified atom stereocenters. The normalized spacial score (nSPS) is 11.0. The highest BCUT2D eigenvalue weighted by Gasteiger charge is 2.16. The van der Waals surface area contributed by atoms with E-state index < -0.39 is 5.97 Å². The lowest BCUT2D eigenvalue weighted by Gasteiger charge is -2.12. The Kier molecular flexibility index (Phi) is 6.14. The van der Waals surface area contributed by atoms with Crippen LogP contribution in [-0.2, 0) is 24.4 Å². The third-order valence-electron chi connectivity index (χ3n) is 5.38. The van der Waals surface area contributed by atoms with Crippen LogP contribution in [0.25, 0.3) is 22.1 Å². The predicted molar refractivity (Wildman–Crippen MR) is 123 cm³/mol. The van der Waals surface area contributed by atoms with Crippen LogP contribution in [0, 0.1) is 6.92 Å². The lowest BCUT2D eigenvalue weighted by molar-refractivity contribution is -0.136. The first-order valence-electron chi connectivity index (χ1n) is 10.3. The summed E-state index contributed by atoms with van der Waals surface area (Å²) in [5.41, 5.74) is 12.0. The summed E-state index contributed by atoms with van der Waals surface area (Å²) in [6, 6.07) is 17.6. The van der Waals surface area contributed by atoms with Gasteiger partial charge in [-0.05, 0) is 53.4 Å². The average molecular weight is 431 g/mol. The second kappa shape index (κ2) is 9.16. The van der Waals surface area contributed by atoms with E-state index in [1.54, 1.807) is 19.4 Å². The molecule has 0 saturated carbocycles. The zero-order valence-corrected chi connectivity index (χ0v) is 18.1. The van der Waals surface area contributed by atoms with Crippen LogP contribution in [0.4, 0.5) is 0 Å². The molecule has 6 nitrogen and oxygen atoms in total. The number of ether oxygens (including phenoxy) is 2. The van der Waals surface area contributed by atoms with Crippen molar-refractivity contribution in [3.63, 3.8) is 0 Å². The number of carboxylic acids is 1. The number of carbonyl (C=O) groups is 1. The summed E-state index contributed by atoms with van der Waals surface area (Å²) in [5, 5.41) is 10.1. The average Bonchev–Trinajstić information content (AvgIpc) is 3.21. The van der Waals surface area contributed by atoms with Gasteiger partial charge in [0.15, 0.2) is 11.3 Å². The summed E-state index contributed by atoms with van der Waals surface area (Å²) in [6.45, 7) is 2.64. The molecule has 0 aliphatic rings. The SMILES string of the molecule is COc1cc(-c2cccc(CN)c2)cc2c(COc3cc(C)ccc3CC(=O)O)coc12. The van der Waals surface area contributed by atoms with Gasteiger partial charge in [0.1, 0.15) is 12.4 Å². The maximum absolute atomic E-state index is 11.2. The van der Waals surface area contributed by atoms with Crippen molar-refractivity contribution in [1.29, 1.82) is 0 Å². The van der Waals surface area contributed by atoms with E-state index in [-0.39, 0.29) is 13.0 Å². The number of methoxy groups -OCH3 is 1. The van der Waals surface area contributed by atoms with Crippen molar-refractivity contribution in [2.45, 2.75) is 26.5 Å². The fourth-order valence-corrected chi connectivity index (χ4v) is 3.72. The third kappa shape index (κ3) is 4.45. The van der Waals surface area contributed by atoms with Crippen molar-refractivity contribution in [2.24, 2.45) is 5.73 Å². The molecule has 1 heterocycles. The zero-order valence-electron chi connectivity index (χ0n) is 18.1. The van der Waals surface area contributed by atoms with Gasteiger partial charge in [0.2, 0.25) is 0 Å². The molecule has 32 heavy (non-hydrogen) atoms. The Morgan fingerprint density at radius 3 is 2.62 bits per heavy atom. The van der Waals surface area contributed by atoms with E-state index >= 15 is 0 Å². The van der Waals surface area contributed by atoms with Crippen molar-refractivity contribution in [3.8, 4) is 22.6 Å². The molecule has 0 saturated heterocycles. The Hall–Kier alpha value is -3.77. The fraction of sp³-hybridized carbons (Fsp3) is 0.192. The van der Waals surface area contributed by atoms with E-state index in [9.17, 15) is 9.90 Å². The first-order chi connectivity index (χ1) is 15.5. The van der Waals surface area contributed by atoms with Crippen LogP contribution >= 0.6 is 0 Å². The molecule has 0 radical (unpaired) electrons. The number of aryl methyl sites for hydroxylation is 1. The van der Waals surface area contributed by atoms with Gasteiger partial charge >= 0.3 is 5.97 Å². The van der Waals surface area contributed by atoms with Gasteiger partial charge in [-0.1, -0.05) is 30.3 Å². The number of rotatable bonds is 8. The molecule has 0 bridgehead atoms. The summed E-state index contributed by atoms with van der Waals surface area (Å²) < 4.78 is 17.4. The van der Waals surface area contributed by atoms with Gasteiger partial charge in [0.25, 0.3) is 0 Å². The lowest BCUT2D eigenvalue weighted by Crippen LogP contribution is -2.04. The molecule has 0 atom stereocenters. The number of hydrogen-bond donors (Lipinski definition) is 2. The fourth-order valence-electron chi connectivity index (χ4n) is 3.72. The molecule has 4 aromatic rings. The van der Waals surface area contributed by atoms with Gasteiger partial charge in [-0.2, -0.15) is 0 Å². The van der Waals surface area contributed by atoms with Gasteiger partial charge < -0.3 is 24.7 Å². The first-order valence-corrected chi connectivity index (χ1v) is 10.3. The van der Waals surface area contributed by atoms with Crippen LogP contribution in [-0.4, -0.2) is 18.2 Å². The lowest BCUT2D eigenvalue weighted by atomic mass is 10.00. The second-order valence-electron chi connectivity index (χ2n) is 7.69. The number of aliphatic carboxylic acids is 1. The monoisotopic (exact) mass is 431 g/mol. The predicted octanol–water partition coefficient (Wildman–Crippen LogP) is 5.08. The van der Waals surface area contributed by atoms with Gasteiger partial charge in [-0.3, -0.25) is 4.79 Å². The van der Waals surface area contributed by atoms with Gasteiger partial charge in [0.05, 0.1) is 19.8 Å². The highest BCUT2D eigenvalue weighted by Crippen LogP contribution is 2.36. The molecule has 1 aromatic heterocycles. The summed E-state index contributed by atoms with van der Waals surface area (Å²) in [5.74, 6) is 0.283. The number of carboxylic acid groups (broad SMARTS) is 1. The minimum Gasteiger partial charge on any atom is -0.493 e. The number of furan rings is 1. The van der Waals surface area contributed by atoms with Crippen molar-refractivity contribution in [3.05, 3.63) is 83.1 Å². The smallest absolute Gasteiger partial charge is 0.307 e. The van der Waals surface area contributed by atoms with Crippen molar-refractivity contribution >= 4 is 16.9 Å². The number of fused-ring (bicyclic) bond motifs is 1. The van der Waals surface area contributed by atoms with Crippen LogP contribution < -0.4 is 15.2 Å². The number of benzene rings is 3. The molecule has 164 valence electrons. The largest absolute Gasteiger partial charge is 0.493 e. The Labute approximate surface area is 186 Å². The molecule has 0 aliphatic heterocycles. The van der Waals surface area contributed by atoms with Crippen molar-refractivity contribution in [2.75, 3.05) is 7.11 Å². The van der Waals surface area contributed by atoms with Gasteiger partial charge in [-0.15, -0.1) is 0 Å². The molecular weight excluding hydrogens is 406 g/mol. The Morgan fingerprint density at radius 2 is 1.88 bits per heavy atom. The molecule has 3 aromatic carbocycles. The van der Waals surface area contributed by atoms with Gasteiger partial charge in [-0.25, -0.2) is 0 Å². The summed E-state index contributed by atoms with van der Waals surface area (Å²) in [4.78, 5) is 11.2. The Balaban J connectivity index is 1.70. The van der Waals surface area contributed by atoms with E-state index in [2.05, 4.69) is 6.07 Å². The molecule has 6 heteroatoms. The van der Waals surface area contributed by atoms with E-state index in [0.717, 1.165) is 33.2 Å². The summed E-state index contributed by atoms with van der Waals surface area (Å²) >= 11 is 0. The molecule has 0 spiro atoms. The summed E-state index contributed by atoms with van der Waals surface area (Å²) in [7, 11) is 1.61. The van der Waals surface area contributed by atoms with E-state index in [1.807, 2.05) is 49.4 Å². The van der Waals surface area contributed by atoms with Gasteiger partial charge in [0, 0.05) is 23.1 Å².